The van der Waals surface area contributed by atoms with Gasteiger partial charge in [0.15, 0.2) is 11.9 Å². The Morgan fingerprint density at radius 3 is 2.19 bits per heavy atom. The third-order valence-corrected chi connectivity index (χ3v) is 16.9. The van der Waals surface area contributed by atoms with Gasteiger partial charge in [0.05, 0.1) is 12.2 Å². The number of carbonyl (C=O) groups is 5. The van der Waals surface area contributed by atoms with E-state index in [1.807, 2.05) is 0 Å². The second-order valence-corrected chi connectivity index (χ2v) is 20.4. The van der Waals surface area contributed by atoms with Crippen molar-refractivity contribution >= 4 is 29.7 Å². The molecule has 0 aromatic carbocycles. The molecule has 17 nitrogen and oxygen atoms in total. The maximum absolute atomic E-state index is 14.0. The fourth-order valence-corrected chi connectivity index (χ4v) is 13.4. The van der Waals surface area contributed by atoms with Gasteiger partial charge in [-0.1, -0.05) is 20.8 Å². The average Bonchev–Trinajstić information content (AvgIpc) is 4.17. The van der Waals surface area contributed by atoms with Crippen LogP contribution < -0.4 is 0 Å². The molecule has 9 aliphatic rings. The number of fused-ring (bicyclic) bond motifs is 3. The zero-order chi connectivity index (χ0) is 44.6. The third-order valence-electron chi connectivity index (χ3n) is 16.9. The molecule has 9 rings (SSSR count). The SMILES string of the molecule is CC(C)[C@]12C[C@H]1C[C@@H]1O[C@]13[C@]1(O[C@H]1CCC1C4=C(CCC[C@@]13C)C(=O)OC4)[C@@H]2OC(=O)CCCC(=O)N1CCCCN(C(=O)CCCC(=O)OC[C@H]2OC(O)[C@H](O)[C@@H](O)[C@@H]2O)CC1. The van der Waals surface area contributed by atoms with Crippen molar-refractivity contribution in [2.24, 2.45) is 28.6 Å². The van der Waals surface area contributed by atoms with Crippen LogP contribution in [0.25, 0.3) is 0 Å². The van der Waals surface area contributed by atoms with E-state index in [1.165, 1.54) is 0 Å². The van der Waals surface area contributed by atoms with E-state index in [0.717, 1.165) is 56.1 Å². The van der Waals surface area contributed by atoms with E-state index < -0.39 is 60.6 Å². The first kappa shape index (κ1) is 45.0. The van der Waals surface area contributed by atoms with E-state index >= 15 is 0 Å². The largest absolute Gasteiger partial charge is 0.463 e. The van der Waals surface area contributed by atoms with Crippen LogP contribution in [0.1, 0.15) is 117 Å². The molecular formula is C46H66N2O15. The number of ether oxygens (including phenoxy) is 6. The van der Waals surface area contributed by atoms with Crippen molar-refractivity contribution < 1.29 is 72.8 Å². The molecule has 0 aromatic rings. The molecular weight excluding hydrogens is 821 g/mol. The molecule has 2 unspecified atom stereocenters. The van der Waals surface area contributed by atoms with Crippen LogP contribution in [0.3, 0.4) is 0 Å². The number of aliphatic hydroxyl groups is 4. The van der Waals surface area contributed by atoms with Gasteiger partial charge in [-0.3, -0.25) is 19.2 Å². The molecule has 17 heteroatoms. The quantitative estimate of drug-likeness (QED) is 0.124. The Labute approximate surface area is 368 Å². The van der Waals surface area contributed by atoms with Gasteiger partial charge in [0, 0.05) is 68.3 Å². The average molecular weight is 887 g/mol. The van der Waals surface area contributed by atoms with Gasteiger partial charge in [0.25, 0.3) is 0 Å². The van der Waals surface area contributed by atoms with Gasteiger partial charge in [0.2, 0.25) is 11.8 Å². The first-order valence-electron chi connectivity index (χ1n) is 23.6. The van der Waals surface area contributed by atoms with Crippen molar-refractivity contribution in [1.29, 1.82) is 0 Å². The van der Waals surface area contributed by atoms with Crippen LogP contribution in [0.15, 0.2) is 11.1 Å². The molecule has 14 atom stereocenters. The van der Waals surface area contributed by atoms with Crippen molar-refractivity contribution in [3.05, 3.63) is 11.1 Å². The van der Waals surface area contributed by atoms with Crippen molar-refractivity contribution in [2.75, 3.05) is 39.4 Å². The summed E-state index contributed by atoms with van der Waals surface area (Å²) in [6.07, 6.45) is -0.189. The zero-order valence-electron chi connectivity index (χ0n) is 36.9. The molecule has 3 saturated carbocycles. The summed E-state index contributed by atoms with van der Waals surface area (Å²) in [5.74, 6) is -0.620. The summed E-state index contributed by atoms with van der Waals surface area (Å²) >= 11 is 0. The Kier molecular flexibility index (Phi) is 12.1. The van der Waals surface area contributed by atoms with E-state index in [2.05, 4.69) is 20.8 Å². The summed E-state index contributed by atoms with van der Waals surface area (Å²) in [6.45, 7) is 8.51. The minimum Gasteiger partial charge on any atom is -0.463 e. The molecule has 7 fully saturated rings. The Bertz CT molecular complexity index is 1870. The topological polar surface area (TPSA) is 235 Å². The van der Waals surface area contributed by atoms with Crippen LogP contribution in [0, 0.1) is 28.6 Å². The molecule has 350 valence electrons. The van der Waals surface area contributed by atoms with Crippen LogP contribution in [0.2, 0.25) is 0 Å². The van der Waals surface area contributed by atoms with E-state index in [0.29, 0.717) is 58.0 Å². The number of hydrogen-bond donors (Lipinski definition) is 4. The minimum atomic E-state index is -1.74. The molecule has 5 aliphatic heterocycles. The number of cyclic esters (lactones) is 1. The summed E-state index contributed by atoms with van der Waals surface area (Å²) in [6, 6.07) is 0. The number of aliphatic hydroxyl groups excluding tert-OH is 4. The van der Waals surface area contributed by atoms with Crippen LogP contribution in [-0.2, 0) is 52.4 Å². The predicted molar refractivity (Wildman–Crippen MR) is 218 cm³/mol. The Morgan fingerprint density at radius 2 is 1.51 bits per heavy atom. The smallest absolute Gasteiger partial charge is 0.334 e. The fraction of sp³-hybridized carbons (Fsp3) is 0.848. The number of amides is 2. The number of rotatable bonds is 12. The lowest BCUT2D eigenvalue weighted by molar-refractivity contribution is -0.287. The van der Waals surface area contributed by atoms with E-state index in [1.54, 1.807) is 9.80 Å². The van der Waals surface area contributed by atoms with Gasteiger partial charge in [-0.25, -0.2) is 4.79 Å². The van der Waals surface area contributed by atoms with Crippen LogP contribution in [0.5, 0.6) is 0 Å². The standard InChI is InChI=1S/C46H66N2O15/c1-25(2)44-22-26(44)21-32-46(63-32)43(3)16-8-9-27-28(23-59-40(27)56)29(43)14-15-31-45(46,62-31)42(44)61-36(52)13-7-11-34(50)48-18-5-4-17-47(19-20-48)33(49)10-6-12-35(51)58-24-30-37(53)38(54)39(55)41(57)60-30/h25-26,29-32,37-39,41-42,53-55,57H,4-24H2,1-3H3/t26-,29?,30-,31+,32+,37-,38+,39-,41?,42-,43+,44-,45-,46-/m1/s1. The highest BCUT2D eigenvalue weighted by atomic mass is 16.7. The van der Waals surface area contributed by atoms with Crippen molar-refractivity contribution in [1.82, 2.24) is 9.80 Å². The third kappa shape index (κ3) is 7.43. The highest BCUT2D eigenvalue weighted by molar-refractivity contribution is 5.92. The summed E-state index contributed by atoms with van der Waals surface area (Å²) in [4.78, 5) is 69.4. The predicted octanol–water partition coefficient (Wildman–Crippen LogP) is 1.83. The van der Waals surface area contributed by atoms with E-state index in [-0.39, 0.29) is 90.7 Å². The Hall–Kier alpha value is -3.19. The number of epoxide rings is 2. The Balaban J connectivity index is 0.771. The highest BCUT2D eigenvalue weighted by Gasteiger charge is 2.94. The normalized spacial score (nSPS) is 42.6. The van der Waals surface area contributed by atoms with Gasteiger partial charge in [-0.05, 0) is 94.0 Å². The summed E-state index contributed by atoms with van der Waals surface area (Å²) in [5.41, 5.74) is 0.0824. The number of carbonyl (C=O) groups excluding carboxylic acids is 5. The molecule has 4 saturated heterocycles. The molecule has 4 N–H and O–H groups in total. The van der Waals surface area contributed by atoms with Crippen LogP contribution in [-0.4, -0.2) is 160 Å². The van der Waals surface area contributed by atoms with E-state index in [4.69, 9.17) is 28.4 Å². The molecule has 0 bridgehead atoms. The van der Waals surface area contributed by atoms with Gasteiger partial charge < -0.3 is 58.6 Å². The van der Waals surface area contributed by atoms with Crippen molar-refractivity contribution in [3.63, 3.8) is 0 Å². The number of esters is 3. The van der Waals surface area contributed by atoms with Crippen molar-refractivity contribution in [3.8, 4) is 0 Å². The maximum Gasteiger partial charge on any atom is 0.334 e. The summed E-state index contributed by atoms with van der Waals surface area (Å²) < 4.78 is 36.5. The Morgan fingerprint density at radius 1 is 0.825 bits per heavy atom. The van der Waals surface area contributed by atoms with Crippen LogP contribution in [0.4, 0.5) is 0 Å². The second kappa shape index (κ2) is 16.9. The molecule has 0 aromatic heterocycles. The minimum absolute atomic E-state index is 0.00332. The lowest BCUT2D eigenvalue weighted by Crippen LogP contribution is -2.60. The molecule has 0 radical (unpaired) electrons. The summed E-state index contributed by atoms with van der Waals surface area (Å²) in [7, 11) is 0. The first-order chi connectivity index (χ1) is 30.1. The van der Waals surface area contributed by atoms with Gasteiger partial charge in [-0.15, -0.1) is 0 Å². The zero-order valence-corrected chi connectivity index (χ0v) is 36.9. The maximum atomic E-state index is 14.0. The molecule has 5 heterocycles. The fourth-order valence-electron chi connectivity index (χ4n) is 13.4. The molecule has 4 aliphatic carbocycles. The lowest BCUT2D eigenvalue weighted by atomic mass is 9.57. The number of nitrogens with zero attached hydrogens (tertiary/aromatic N) is 2. The summed E-state index contributed by atoms with van der Waals surface area (Å²) in [5, 5.41) is 39.2. The van der Waals surface area contributed by atoms with Gasteiger partial charge in [-0.2, -0.15) is 0 Å². The number of hydrogen-bond acceptors (Lipinski definition) is 15. The molecule has 63 heavy (non-hydrogen) atoms. The molecule has 2 amide bonds. The highest BCUT2D eigenvalue weighted by Crippen LogP contribution is 2.82. The monoisotopic (exact) mass is 886 g/mol. The molecule has 2 spiro atoms. The van der Waals surface area contributed by atoms with Gasteiger partial charge >= 0.3 is 17.9 Å². The van der Waals surface area contributed by atoms with Crippen molar-refractivity contribution in [2.45, 2.75) is 177 Å². The first-order valence-corrected chi connectivity index (χ1v) is 23.6. The van der Waals surface area contributed by atoms with Gasteiger partial charge in [0.1, 0.15) is 49.3 Å². The van der Waals surface area contributed by atoms with Crippen LogP contribution >= 0.6 is 0 Å². The van der Waals surface area contributed by atoms with E-state index in [9.17, 15) is 44.4 Å². The lowest BCUT2D eigenvalue weighted by Gasteiger charge is -2.47. The second-order valence-electron chi connectivity index (χ2n) is 20.4.